The Hall–Kier alpha value is -8.34. The molecule has 0 aliphatic heterocycles. The number of anilines is 3. The van der Waals surface area contributed by atoms with Gasteiger partial charge in [0.05, 0.1) is 11.0 Å². The fourth-order valence-electron chi connectivity index (χ4n) is 9.71. The summed E-state index contributed by atoms with van der Waals surface area (Å²) >= 11 is 0. The molecule has 3 aromatic heterocycles. The van der Waals surface area contributed by atoms with Gasteiger partial charge in [-0.2, -0.15) is 0 Å². The van der Waals surface area contributed by atoms with Gasteiger partial charge in [0.15, 0.2) is 0 Å². The average molecular weight is 793 g/mol. The third-order valence-electron chi connectivity index (χ3n) is 12.6. The quantitative estimate of drug-likeness (QED) is 0.168. The largest absolute Gasteiger partial charge is 0.456 e. The summed E-state index contributed by atoms with van der Waals surface area (Å²) in [5, 5.41) is 9.45. The minimum Gasteiger partial charge on any atom is -0.456 e. The van der Waals surface area contributed by atoms with Gasteiger partial charge in [-0.25, -0.2) is 0 Å². The third kappa shape index (κ3) is 5.33. The Labute approximate surface area is 356 Å². The number of aromatic nitrogens is 1. The molecule has 0 saturated carbocycles. The lowest BCUT2D eigenvalue weighted by molar-refractivity contribution is 0.668. The maximum absolute atomic E-state index is 6.42. The Morgan fingerprint density at radius 3 is 1.73 bits per heavy atom. The van der Waals surface area contributed by atoms with Crippen LogP contribution in [0.25, 0.3) is 104 Å². The molecule has 0 amide bonds. The first kappa shape index (κ1) is 34.5. The molecule has 4 nitrogen and oxygen atoms in total. The molecular formula is C58H36N2O2. The second-order valence-corrected chi connectivity index (χ2v) is 16.1. The van der Waals surface area contributed by atoms with E-state index in [9.17, 15) is 0 Å². The molecule has 4 heteroatoms. The van der Waals surface area contributed by atoms with E-state index in [1.807, 2.05) is 24.3 Å². The Morgan fingerprint density at radius 2 is 0.919 bits per heavy atom. The van der Waals surface area contributed by atoms with E-state index in [4.69, 9.17) is 8.83 Å². The summed E-state index contributed by atoms with van der Waals surface area (Å²) in [4.78, 5) is 2.32. The first-order valence-corrected chi connectivity index (χ1v) is 21.1. The Bertz CT molecular complexity index is 3850. The molecule has 13 aromatic rings. The summed E-state index contributed by atoms with van der Waals surface area (Å²) in [6.45, 7) is 0. The molecule has 0 saturated heterocycles. The number of para-hydroxylation sites is 3. The van der Waals surface area contributed by atoms with Gasteiger partial charge in [0, 0.05) is 66.5 Å². The number of furan rings is 2. The van der Waals surface area contributed by atoms with Crippen molar-refractivity contribution >= 4 is 93.5 Å². The zero-order chi connectivity index (χ0) is 40.7. The van der Waals surface area contributed by atoms with Gasteiger partial charge in [-0.15, -0.1) is 0 Å². The van der Waals surface area contributed by atoms with Gasteiger partial charge in [0.2, 0.25) is 0 Å². The maximum Gasteiger partial charge on any atom is 0.137 e. The monoisotopic (exact) mass is 792 g/mol. The third-order valence-corrected chi connectivity index (χ3v) is 12.6. The van der Waals surface area contributed by atoms with Crippen LogP contribution in [0.2, 0.25) is 0 Å². The van der Waals surface area contributed by atoms with Gasteiger partial charge in [-0.05, 0) is 100 Å². The molecule has 0 radical (unpaired) electrons. The van der Waals surface area contributed by atoms with Gasteiger partial charge >= 0.3 is 0 Å². The van der Waals surface area contributed by atoms with Crippen molar-refractivity contribution in [3.8, 4) is 27.9 Å². The average Bonchev–Trinajstić information content (AvgIpc) is 4.02. The lowest BCUT2D eigenvalue weighted by Crippen LogP contribution is -2.09. The Balaban J connectivity index is 0.937. The van der Waals surface area contributed by atoms with Gasteiger partial charge in [0.25, 0.3) is 0 Å². The van der Waals surface area contributed by atoms with E-state index in [2.05, 4.69) is 204 Å². The molecule has 290 valence electrons. The predicted octanol–water partition coefficient (Wildman–Crippen LogP) is 16.5. The van der Waals surface area contributed by atoms with Gasteiger partial charge in [0.1, 0.15) is 22.3 Å². The molecule has 0 spiro atoms. The summed E-state index contributed by atoms with van der Waals surface area (Å²) in [5.74, 6) is 0. The van der Waals surface area contributed by atoms with Crippen molar-refractivity contribution in [3.05, 3.63) is 218 Å². The van der Waals surface area contributed by atoms with Crippen LogP contribution >= 0.6 is 0 Å². The van der Waals surface area contributed by atoms with E-state index < -0.39 is 0 Å². The van der Waals surface area contributed by atoms with Gasteiger partial charge in [-0.1, -0.05) is 140 Å². The number of hydrogen-bond donors (Lipinski definition) is 0. The molecule has 0 aliphatic rings. The van der Waals surface area contributed by atoms with Gasteiger partial charge in [-0.3, -0.25) is 0 Å². The second-order valence-electron chi connectivity index (χ2n) is 16.1. The summed E-state index contributed by atoms with van der Waals surface area (Å²) in [6, 6.07) is 78.0. The van der Waals surface area contributed by atoms with Crippen molar-refractivity contribution in [3.63, 3.8) is 0 Å². The molecule has 10 aromatic carbocycles. The van der Waals surface area contributed by atoms with Crippen molar-refractivity contribution in [2.24, 2.45) is 0 Å². The Morgan fingerprint density at radius 1 is 0.339 bits per heavy atom. The fraction of sp³-hybridized carbons (Fsp3) is 0. The van der Waals surface area contributed by atoms with E-state index >= 15 is 0 Å². The molecule has 13 rings (SSSR count). The SMILES string of the molecule is c1ccc(-n2c3cc(-c4ccc(N(c5ccc(-c6cccc7oc8ccccc8c67)cc5)c5ccc6c(c5)oc5ccccc56)cc4)ccc3c3ccc4ccccc4c32)cc1. The highest BCUT2D eigenvalue weighted by atomic mass is 16.3. The molecule has 0 aliphatic carbocycles. The number of fused-ring (bicyclic) bond motifs is 11. The lowest BCUT2D eigenvalue weighted by atomic mass is 9.99. The molecule has 0 N–H and O–H groups in total. The number of hydrogen-bond acceptors (Lipinski definition) is 3. The minimum atomic E-state index is 0.857. The van der Waals surface area contributed by atoms with Crippen LogP contribution in [-0.2, 0) is 0 Å². The van der Waals surface area contributed by atoms with Crippen molar-refractivity contribution in [1.29, 1.82) is 0 Å². The van der Waals surface area contributed by atoms with Crippen molar-refractivity contribution in [1.82, 2.24) is 4.57 Å². The molecule has 0 bridgehead atoms. The van der Waals surface area contributed by atoms with E-state index in [0.29, 0.717) is 0 Å². The summed E-state index contributed by atoms with van der Waals surface area (Å²) in [7, 11) is 0. The molecule has 0 unspecified atom stereocenters. The van der Waals surface area contributed by atoms with Crippen LogP contribution in [0.4, 0.5) is 17.1 Å². The van der Waals surface area contributed by atoms with E-state index in [-0.39, 0.29) is 0 Å². The number of rotatable bonds is 6. The highest BCUT2D eigenvalue weighted by Gasteiger charge is 2.19. The highest BCUT2D eigenvalue weighted by Crippen LogP contribution is 2.43. The van der Waals surface area contributed by atoms with E-state index in [0.717, 1.165) is 88.9 Å². The summed E-state index contributed by atoms with van der Waals surface area (Å²) in [6.07, 6.45) is 0. The predicted molar refractivity (Wildman–Crippen MR) is 258 cm³/mol. The summed E-state index contributed by atoms with van der Waals surface area (Å²) < 4.78 is 15.1. The topological polar surface area (TPSA) is 34.5 Å². The smallest absolute Gasteiger partial charge is 0.137 e. The van der Waals surface area contributed by atoms with Gasteiger partial charge < -0.3 is 18.3 Å². The standard InChI is InChI=1S/C58H36N2O2/c1-2-12-41(13-3-1)60-52-35-40(26-32-47(52)50-33-25-38-11-4-5-14-46(38)58(50)60)37-21-27-42(28-22-37)59(44-31-34-49-48-15-6-8-18-53(48)62-56(49)36-44)43-29-23-39(24-30-43)45-17-10-20-55-57(45)51-16-7-9-19-54(51)61-55/h1-36H. The lowest BCUT2D eigenvalue weighted by Gasteiger charge is -2.26. The van der Waals surface area contributed by atoms with Crippen LogP contribution < -0.4 is 4.90 Å². The maximum atomic E-state index is 6.42. The van der Waals surface area contributed by atoms with Crippen LogP contribution in [0.1, 0.15) is 0 Å². The molecule has 0 atom stereocenters. The second kappa shape index (κ2) is 13.6. The summed E-state index contributed by atoms with van der Waals surface area (Å²) in [5.41, 5.74) is 14.8. The molecule has 0 fully saturated rings. The number of nitrogens with zero attached hydrogens (tertiary/aromatic N) is 2. The van der Waals surface area contributed by atoms with E-state index in [1.54, 1.807) is 0 Å². The van der Waals surface area contributed by atoms with Crippen molar-refractivity contribution < 1.29 is 8.83 Å². The zero-order valence-electron chi connectivity index (χ0n) is 33.5. The minimum absolute atomic E-state index is 0.857. The molecule has 3 heterocycles. The van der Waals surface area contributed by atoms with Crippen LogP contribution in [0.15, 0.2) is 227 Å². The van der Waals surface area contributed by atoms with Crippen LogP contribution in [0.5, 0.6) is 0 Å². The normalized spacial score (nSPS) is 11.9. The number of benzene rings is 10. The van der Waals surface area contributed by atoms with E-state index in [1.165, 1.54) is 32.6 Å². The van der Waals surface area contributed by atoms with Crippen molar-refractivity contribution in [2.45, 2.75) is 0 Å². The first-order valence-electron chi connectivity index (χ1n) is 21.1. The van der Waals surface area contributed by atoms with Crippen LogP contribution in [0, 0.1) is 0 Å². The zero-order valence-corrected chi connectivity index (χ0v) is 33.5. The van der Waals surface area contributed by atoms with Crippen LogP contribution in [-0.4, -0.2) is 4.57 Å². The highest BCUT2D eigenvalue weighted by molar-refractivity contribution is 6.19. The first-order chi connectivity index (χ1) is 30.7. The van der Waals surface area contributed by atoms with Crippen molar-refractivity contribution in [2.75, 3.05) is 4.90 Å². The molecule has 62 heavy (non-hydrogen) atoms. The Kier molecular flexibility index (Phi) is 7.57. The van der Waals surface area contributed by atoms with Crippen LogP contribution in [0.3, 0.4) is 0 Å². The molecular weight excluding hydrogens is 757 g/mol. The fourth-order valence-corrected chi connectivity index (χ4v) is 9.71.